The van der Waals surface area contributed by atoms with Gasteiger partial charge in [0.25, 0.3) is 0 Å². The molecule has 1 amide bonds. The zero-order valence-corrected chi connectivity index (χ0v) is 21.9. The lowest BCUT2D eigenvalue weighted by Crippen LogP contribution is -2.46. The molecule has 0 saturated heterocycles. The first-order valence-electron chi connectivity index (χ1n) is 13.0. The number of rotatable bonds is 13. The highest BCUT2D eigenvalue weighted by Crippen LogP contribution is 2.45. The molecule has 0 aliphatic carbocycles. The summed E-state index contributed by atoms with van der Waals surface area (Å²) in [6, 6.07) is 17.9. The Morgan fingerprint density at radius 1 is 1.03 bits per heavy atom. The van der Waals surface area contributed by atoms with Crippen molar-refractivity contribution in [2.75, 3.05) is 6.61 Å². The summed E-state index contributed by atoms with van der Waals surface area (Å²) in [5, 5.41) is 23.1. The van der Waals surface area contributed by atoms with E-state index in [1.165, 1.54) is 0 Å². The van der Waals surface area contributed by atoms with Crippen LogP contribution >= 0.6 is 0 Å². The molecule has 2 heterocycles. The molecular formula is C30H33N3O6. The van der Waals surface area contributed by atoms with Gasteiger partial charge in [0, 0.05) is 29.8 Å². The van der Waals surface area contributed by atoms with E-state index < -0.39 is 23.3 Å². The molecule has 2 unspecified atom stereocenters. The number of unbranched alkanes of at least 4 members (excludes halogenated alkanes) is 1. The Hall–Kier alpha value is -4.24. The van der Waals surface area contributed by atoms with E-state index in [0.29, 0.717) is 24.8 Å². The minimum absolute atomic E-state index is 0.0905. The number of ether oxygens (including phenoxy) is 1. The van der Waals surface area contributed by atoms with Gasteiger partial charge in [-0.2, -0.15) is 5.10 Å². The van der Waals surface area contributed by atoms with Crippen molar-refractivity contribution < 1.29 is 29.3 Å². The molecule has 1 aliphatic heterocycles. The maximum Gasteiger partial charge on any atom is 0.335 e. The van der Waals surface area contributed by atoms with Crippen molar-refractivity contribution >= 4 is 24.1 Å². The average molecular weight is 532 g/mol. The van der Waals surface area contributed by atoms with Crippen LogP contribution in [0.2, 0.25) is 0 Å². The van der Waals surface area contributed by atoms with Gasteiger partial charge in [-0.15, -0.1) is 0 Å². The predicted octanol–water partition coefficient (Wildman–Crippen LogP) is 4.46. The second-order valence-electron chi connectivity index (χ2n) is 9.80. The third-order valence-corrected chi connectivity index (χ3v) is 7.37. The van der Waals surface area contributed by atoms with Gasteiger partial charge in [0.2, 0.25) is 5.91 Å². The van der Waals surface area contributed by atoms with Crippen LogP contribution in [-0.2, 0) is 28.0 Å². The first kappa shape index (κ1) is 27.8. The molecule has 9 nitrogen and oxygen atoms in total. The van der Waals surface area contributed by atoms with Crippen LogP contribution in [0.3, 0.4) is 0 Å². The number of carboxylic acid groups (broad SMARTS) is 2. The topological polar surface area (TPSA) is 144 Å². The molecule has 1 aromatic heterocycles. The third kappa shape index (κ3) is 5.93. The summed E-state index contributed by atoms with van der Waals surface area (Å²) in [5.41, 5.74) is 9.15. The zero-order chi connectivity index (χ0) is 28.0. The summed E-state index contributed by atoms with van der Waals surface area (Å²) in [6.45, 7) is 2.56. The number of hydrogen-bond acceptors (Lipinski definition) is 5. The van der Waals surface area contributed by atoms with Gasteiger partial charge in [-0.1, -0.05) is 37.6 Å². The summed E-state index contributed by atoms with van der Waals surface area (Å²) in [5.74, 6) is -2.49. The molecule has 4 N–H and O–H groups in total. The Morgan fingerprint density at radius 3 is 2.46 bits per heavy atom. The monoisotopic (exact) mass is 531 g/mol. The largest absolute Gasteiger partial charge is 0.481 e. The Balaban J connectivity index is 1.74. The highest BCUT2D eigenvalue weighted by molar-refractivity contribution is 5.93. The molecule has 2 aromatic carbocycles. The molecule has 9 heteroatoms. The van der Waals surface area contributed by atoms with Gasteiger partial charge in [0.05, 0.1) is 29.9 Å². The van der Waals surface area contributed by atoms with E-state index >= 15 is 0 Å². The summed E-state index contributed by atoms with van der Waals surface area (Å²) in [7, 11) is 0. The first-order chi connectivity index (χ1) is 18.8. The van der Waals surface area contributed by atoms with E-state index in [1.54, 1.807) is 36.4 Å². The van der Waals surface area contributed by atoms with Gasteiger partial charge >= 0.3 is 11.9 Å². The Labute approximate surface area is 226 Å². The fourth-order valence-electron chi connectivity index (χ4n) is 5.29. The van der Waals surface area contributed by atoms with Gasteiger partial charge in [0.15, 0.2) is 0 Å². The van der Waals surface area contributed by atoms with Gasteiger partial charge in [0.1, 0.15) is 0 Å². The zero-order valence-electron chi connectivity index (χ0n) is 21.9. The van der Waals surface area contributed by atoms with E-state index in [0.717, 1.165) is 28.9 Å². The van der Waals surface area contributed by atoms with E-state index in [-0.39, 0.29) is 31.1 Å². The van der Waals surface area contributed by atoms with E-state index in [2.05, 4.69) is 6.92 Å². The molecule has 204 valence electrons. The first-order valence-corrected chi connectivity index (χ1v) is 13.0. The van der Waals surface area contributed by atoms with Crippen LogP contribution in [0.4, 0.5) is 0 Å². The number of nitrogens with zero attached hydrogens (tertiary/aromatic N) is 2. The summed E-state index contributed by atoms with van der Waals surface area (Å²) >= 11 is 0. The molecule has 0 saturated carbocycles. The molecule has 0 fully saturated rings. The van der Waals surface area contributed by atoms with Gasteiger partial charge in [-0.25, -0.2) is 9.47 Å². The maximum atomic E-state index is 12.1. The average Bonchev–Trinajstić information content (AvgIpc) is 3.36. The smallest absolute Gasteiger partial charge is 0.335 e. The Bertz CT molecular complexity index is 1380. The maximum absolute atomic E-state index is 12.1. The Kier molecular flexibility index (Phi) is 8.61. The minimum atomic E-state index is -0.990. The number of aryl methyl sites for hydroxylation is 1. The summed E-state index contributed by atoms with van der Waals surface area (Å²) < 4.78 is 8.29. The number of aliphatic carboxylic acids is 1. The molecule has 3 aromatic rings. The molecule has 0 spiro atoms. The lowest BCUT2D eigenvalue weighted by molar-refractivity contribution is -0.137. The second-order valence-corrected chi connectivity index (χ2v) is 9.80. The summed E-state index contributed by atoms with van der Waals surface area (Å²) in [6.07, 6.45) is 4.66. The van der Waals surface area contributed by atoms with Crippen molar-refractivity contribution in [2.24, 2.45) is 16.8 Å². The lowest BCUT2D eigenvalue weighted by Gasteiger charge is -2.42. The number of benzene rings is 2. The normalized spacial score (nSPS) is 18.0. The van der Waals surface area contributed by atoms with Crippen molar-refractivity contribution in [1.82, 2.24) is 4.68 Å². The predicted molar refractivity (Wildman–Crippen MR) is 146 cm³/mol. The van der Waals surface area contributed by atoms with Crippen LogP contribution in [0.5, 0.6) is 0 Å². The SMILES string of the molecule is CCc1ccc2n1N=CC(CCCCC(=O)O)C2(COCc1ccc(C(=O)O)cc1)c1cccc(C(N)=O)c1. The van der Waals surface area contributed by atoms with E-state index in [9.17, 15) is 19.5 Å². The van der Waals surface area contributed by atoms with Crippen molar-refractivity contribution in [3.8, 4) is 0 Å². The number of hydrogen-bond donors (Lipinski definition) is 3. The number of amides is 1. The molecule has 1 aliphatic rings. The lowest BCUT2D eigenvalue weighted by atomic mass is 9.66. The van der Waals surface area contributed by atoms with Crippen molar-refractivity contribution in [2.45, 2.75) is 51.0 Å². The number of carboxylic acids is 2. The molecule has 0 radical (unpaired) electrons. The van der Waals surface area contributed by atoms with E-state index in [1.807, 2.05) is 35.2 Å². The van der Waals surface area contributed by atoms with Crippen LogP contribution in [-0.4, -0.2) is 45.6 Å². The van der Waals surface area contributed by atoms with Crippen LogP contribution in [0, 0.1) is 5.92 Å². The molecule has 39 heavy (non-hydrogen) atoms. The van der Waals surface area contributed by atoms with Crippen LogP contribution in [0.1, 0.15) is 75.8 Å². The standard InChI is InChI=1S/C30H33N3O6/c1-2-25-14-15-26-30(23-8-5-6-22(16-23)28(31)36,19-39-18-20-10-12-21(13-11-20)29(37)38)24(17-32-33(25)26)7-3-4-9-27(34)35/h5-6,8,10-17,24H,2-4,7,9,18-19H2,1H3,(H2,31,36)(H,34,35)(H,37,38). The minimum Gasteiger partial charge on any atom is -0.481 e. The van der Waals surface area contributed by atoms with Gasteiger partial charge < -0.3 is 20.7 Å². The number of aromatic carboxylic acids is 1. The highest BCUT2D eigenvalue weighted by atomic mass is 16.5. The van der Waals surface area contributed by atoms with Crippen LogP contribution < -0.4 is 5.73 Å². The van der Waals surface area contributed by atoms with Gasteiger partial charge in [-0.05, 0) is 66.8 Å². The van der Waals surface area contributed by atoms with Crippen LogP contribution in [0.15, 0.2) is 65.8 Å². The Morgan fingerprint density at radius 2 is 1.79 bits per heavy atom. The number of nitrogens with two attached hydrogens (primary N) is 1. The second kappa shape index (κ2) is 12.1. The third-order valence-electron chi connectivity index (χ3n) is 7.37. The number of carbonyl (C=O) groups excluding carboxylic acids is 1. The van der Waals surface area contributed by atoms with Crippen molar-refractivity contribution in [1.29, 1.82) is 0 Å². The highest BCUT2D eigenvalue weighted by Gasteiger charge is 2.46. The number of fused-ring (bicyclic) bond motifs is 1. The number of primary amides is 1. The number of carbonyl (C=O) groups is 3. The molecule has 0 bridgehead atoms. The number of aromatic nitrogens is 1. The molecular weight excluding hydrogens is 498 g/mol. The fourth-order valence-corrected chi connectivity index (χ4v) is 5.29. The summed E-state index contributed by atoms with van der Waals surface area (Å²) in [4.78, 5) is 34.5. The fraction of sp³-hybridized carbons (Fsp3) is 0.333. The molecule has 4 rings (SSSR count). The van der Waals surface area contributed by atoms with E-state index in [4.69, 9.17) is 20.7 Å². The van der Waals surface area contributed by atoms with Crippen LogP contribution in [0.25, 0.3) is 0 Å². The van der Waals surface area contributed by atoms with Crippen molar-refractivity contribution in [3.63, 3.8) is 0 Å². The molecule has 2 atom stereocenters. The van der Waals surface area contributed by atoms with Crippen molar-refractivity contribution in [3.05, 3.63) is 94.3 Å². The van der Waals surface area contributed by atoms with Gasteiger partial charge in [-0.3, -0.25) is 9.59 Å². The quantitative estimate of drug-likeness (QED) is 0.278.